The SMILES string of the molecule is CC(C)(C)N[C@@H](Cc1c[nH]c2ccc(F)cc12)C(=O)C(C)(C)C. The lowest BCUT2D eigenvalue weighted by molar-refractivity contribution is -0.128. The lowest BCUT2D eigenvalue weighted by Gasteiger charge is -2.31. The number of carbonyl (C=O) groups is 1. The third kappa shape index (κ3) is 4.41. The Morgan fingerprint density at radius 3 is 2.43 bits per heavy atom. The zero-order valence-corrected chi connectivity index (χ0v) is 14.9. The van der Waals surface area contributed by atoms with E-state index in [-0.39, 0.29) is 23.2 Å². The second-order valence-corrected chi connectivity index (χ2v) is 8.27. The minimum atomic E-state index is -0.430. The van der Waals surface area contributed by atoms with Gasteiger partial charge in [-0.2, -0.15) is 0 Å². The fourth-order valence-electron chi connectivity index (χ4n) is 2.79. The van der Waals surface area contributed by atoms with Gasteiger partial charge in [-0.05, 0) is 51.0 Å². The van der Waals surface area contributed by atoms with Gasteiger partial charge < -0.3 is 10.3 Å². The van der Waals surface area contributed by atoms with Crippen LogP contribution in [0.15, 0.2) is 24.4 Å². The molecule has 0 saturated heterocycles. The van der Waals surface area contributed by atoms with Gasteiger partial charge >= 0.3 is 0 Å². The summed E-state index contributed by atoms with van der Waals surface area (Å²) in [4.78, 5) is 16.0. The van der Waals surface area contributed by atoms with E-state index in [2.05, 4.69) is 10.3 Å². The summed E-state index contributed by atoms with van der Waals surface area (Å²) in [6, 6.07) is 4.38. The summed E-state index contributed by atoms with van der Waals surface area (Å²) in [5.41, 5.74) is 1.24. The van der Waals surface area contributed by atoms with Crippen molar-refractivity contribution in [3.05, 3.63) is 35.8 Å². The molecule has 2 N–H and O–H groups in total. The van der Waals surface area contributed by atoms with Crippen LogP contribution in [-0.4, -0.2) is 22.3 Å². The molecular weight excluding hydrogens is 291 g/mol. The van der Waals surface area contributed by atoms with Crippen molar-refractivity contribution >= 4 is 16.7 Å². The van der Waals surface area contributed by atoms with Crippen molar-refractivity contribution in [1.82, 2.24) is 10.3 Å². The Kier molecular flexibility index (Phi) is 4.67. The molecule has 3 nitrogen and oxygen atoms in total. The number of halogens is 1. The first-order valence-electron chi connectivity index (χ1n) is 8.05. The number of rotatable bonds is 4. The van der Waals surface area contributed by atoms with Gasteiger partial charge in [0.25, 0.3) is 0 Å². The van der Waals surface area contributed by atoms with Crippen molar-refractivity contribution in [3.63, 3.8) is 0 Å². The standard InChI is InChI=1S/C19H27FN2O/c1-18(2,3)17(23)16(22-19(4,5)6)9-12-11-21-15-8-7-13(20)10-14(12)15/h7-8,10-11,16,21-22H,9H2,1-6H3/t16-/m0/s1. The van der Waals surface area contributed by atoms with Crippen molar-refractivity contribution in [2.24, 2.45) is 5.41 Å². The molecular formula is C19H27FN2O. The Morgan fingerprint density at radius 2 is 1.87 bits per heavy atom. The van der Waals surface area contributed by atoms with Crippen LogP contribution in [0.1, 0.15) is 47.1 Å². The first-order chi connectivity index (χ1) is 10.5. The molecule has 1 aromatic carbocycles. The number of hydrogen-bond acceptors (Lipinski definition) is 2. The molecule has 0 bridgehead atoms. The third-order valence-electron chi connectivity index (χ3n) is 3.82. The maximum absolute atomic E-state index is 13.6. The van der Waals surface area contributed by atoms with Crippen LogP contribution in [0.5, 0.6) is 0 Å². The van der Waals surface area contributed by atoms with Crippen molar-refractivity contribution < 1.29 is 9.18 Å². The van der Waals surface area contributed by atoms with E-state index in [0.717, 1.165) is 16.5 Å². The Morgan fingerprint density at radius 1 is 1.22 bits per heavy atom. The van der Waals surface area contributed by atoms with Crippen LogP contribution in [0.2, 0.25) is 0 Å². The highest BCUT2D eigenvalue weighted by Crippen LogP contribution is 2.25. The highest BCUT2D eigenvalue weighted by molar-refractivity contribution is 5.90. The Hall–Kier alpha value is -1.68. The van der Waals surface area contributed by atoms with E-state index in [9.17, 15) is 9.18 Å². The molecule has 23 heavy (non-hydrogen) atoms. The lowest BCUT2D eigenvalue weighted by Crippen LogP contribution is -2.51. The van der Waals surface area contributed by atoms with E-state index in [1.165, 1.54) is 12.1 Å². The Labute approximate surface area is 137 Å². The topological polar surface area (TPSA) is 44.9 Å². The number of H-pyrrole nitrogens is 1. The van der Waals surface area contributed by atoms with Gasteiger partial charge in [0.2, 0.25) is 0 Å². The highest BCUT2D eigenvalue weighted by Gasteiger charge is 2.32. The van der Waals surface area contributed by atoms with E-state index in [0.29, 0.717) is 6.42 Å². The average Bonchev–Trinajstić information content (AvgIpc) is 2.77. The Bertz CT molecular complexity index is 704. The molecule has 2 aromatic rings. The van der Waals surface area contributed by atoms with E-state index >= 15 is 0 Å². The van der Waals surface area contributed by atoms with Crippen LogP contribution < -0.4 is 5.32 Å². The number of Topliss-reactive ketones (excluding diaryl/α,β-unsaturated/α-hetero) is 1. The van der Waals surface area contributed by atoms with Gasteiger partial charge in [0, 0.05) is 28.1 Å². The van der Waals surface area contributed by atoms with Gasteiger partial charge in [-0.25, -0.2) is 4.39 Å². The lowest BCUT2D eigenvalue weighted by atomic mass is 9.83. The predicted molar refractivity (Wildman–Crippen MR) is 93.1 cm³/mol. The number of benzene rings is 1. The fourth-order valence-corrected chi connectivity index (χ4v) is 2.79. The van der Waals surface area contributed by atoms with Crippen LogP contribution in [0, 0.1) is 11.2 Å². The van der Waals surface area contributed by atoms with Crippen LogP contribution in [0.3, 0.4) is 0 Å². The molecule has 0 fully saturated rings. The Balaban J connectivity index is 2.36. The van der Waals surface area contributed by atoms with E-state index in [4.69, 9.17) is 0 Å². The van der Waals surface area contributed by atoms with E-state index in [1.807, 2.05) is 47.7 Å². The first-order valence-corrected chi connectivity index (χ1v) is 8.05. The van der Waals surface area contributed by atoms with Gasteiger partial charge in [0.1, 0.15) is 5.82 Å². The second-order valence-electron chi connectivity index (χ2n) is 8.27. The van der Waals surface area contributed by atoms with Crippen LogP contribution in [-0.2, 0) is 11.2 Å². The van der Waals surface area contributed by atoms with Gasteiger partial charge in [-0.3, -0.25) is 4.79 Å². The maximum atomic E-state index is 13.6. The highest BCUT2D eigenvalue weighted by atomic mass is 19.1. The number of aromatic nitrogens is 1. The molecule has 1 heterocycles. The molecule has 0 aliphatic heterocycles. The zero-order chi connectivity index (χ0) is 17.4. The minimum Gasteiger partial charge on any atom is -0.361 e. The number of aromatic amines is 1. The summed E-state index contributed by atoms with van der Waals surface area (Å²) in [6.07, 6.45) is 2.41. The quantitative estimate of drug-likeness (QED) is 0.886. The van der Waals surface area contributed by atoms with Crippen molar-refractivity contribution in [2.45, 2.75) is 59.5 Å². The summed E-state index contributed by atoms with van der Waals surface area (Å²) in [6.45, 7) is 11.9. The van der Waals surface area contributed by atoms with Crippen molar-refractivity contribution in [3.8, 4) is 0 Å². The molecule has 1 aromatic heterocycles. The van der Waals surface area contributed by atoms with Crippen molar-refractivity contribution in [2.75, 3.05) is 0 Å². The average molecular weight is 318 g/mol. The largest absolute Gasteiger partial charge is 0.361 e. The van der Waals surface area contributed by atoms with Gasteiger partial charge in [-0.1, -0.05) is 20.8 Å². The number of hydrogen-bond donors (Lipinski definition) is 2. The summed E-state index contributed by atoms with van der Waals surface area (Å²) in [5.74, 6) is -0.0981. The van der Waals surface area contributed by atoms with Crippen LogP contribution in [0.25, 0.3) is 10.9 Å². The number of fused-ring (bicyclic) bond motifs is 1. The molecule has 0 aliphatic carbocycles. The number of nitrogens with one attached hydrogen (secondary N) is 2. The van der Waals surface area contributed by atoms with Crippen LogP contribution >= 0.6 is 0 Å². The molecule has 0 saturated carbocycles. The van der Waals surface area contributed by atoms with Crippen LogP contribution in [0.4, 0.5) is 4.39 Å². The minimum absolute atomic E-state index is 0.165. The number of carbonyl (C=O) groups excluding carboxylic acids is 1. The molecule has 0 aliphatic rings. The summed E-state index contributed by atoms with van der Waals surface area (Å²) >= 11 is 0. The second kappa shape index (κ2) is 6.08. The molecule has 1 atom stereocenters. The predicted octanol–water partition coefficient (Wildman–Crippen LogP) is 4.22. The van der Waals surface area contributed by atoms with E-state index < -0.39 is 5.41 Å². The van der Waals surface area contributed by atoms with Crippen molar-refractivity contribution in [1.29, 1.82) is 0 Å². The first kappa shape index (κ1) is 17.7. The third-order valence-corrected chi connectivity index (χ3v) is 3.82. The molecule has 4 heteroatoms. The zero-order valence-electron chi connectivity index (χ0n) is 14.9. The fraction of sp³-hybridized carbons (Fsp3) is 0.526. The molecule has 0 radical (unpaired) electrons. The summed E-state index contributed by atoms with van der Waals surface area (Å²) in [7, 11) is 0. The smallest absolute Gasteiger partial charge is 0.155 e. The summed E-state index contributed by atoms with van der Waals surface area (Å²) < 4.78 is 13.6. The van der Waals surface area contributed by atoms with E-state index in [1.54, 1.807) is 6.07 Å². The molecule has 0 amide bonds. The maximum Gasteiger partial charge on any atom is 0.155 e. The van der Waals surface area contributed by atoms with Gasteiger partial charge in [-0.15, -0.1) is 0 Å². The van der Waals surface area contributed by atoms with Gasteiger partial charge in [0.15, 0.2) is 5.78 Å². The number of ketones is 1. The summed E-state index contributed by atoms with van der Waals surface area (Å²) in [5, 5.41) is 4.26. The molecule has 0 spiro atoms. The molecule has 0 unspecified atom stereocenters. The monoisotopic (exact) mass is 318 g/mol. The molecule has 126 valence electrons. The normalized spacial score (nSPS) is 14.2. The van der Waals surface area contributed by atoms with Gasteiger partial charge in [0.05, 0.1) is 6.04 Å². The molecule has 2 rings (SSSR count).